The lowest BCUT2D eigenvalue weighted by Crippen LogP contribution is -2.04. The predicted octanol–water partition coefficient (Wildman–Crippen LogP) is 2.20. The van der Waals surface area contributed by atoms with E-state index in [9.17, 15) is 9.59 Å². The topological polar surface area (TPSA) is 60.2 Å². The summed E-state index contributed by atoms with van der Waals surface area (Å²) in [5.74, 6) is -0.0755. The van der Waals surface area contributed by atoms with Gasteiger partial charge in [0.25, 0.3) is 0 Å². The Morgan fingerprint density at radius 2 is 1.79 bits per heavy atom. The molecule has 0 fully saturated rings. The van der Waals surface area contributed by atoms with Gasteiger partial charge in [-0.3, -0.25) is 9.59 Å². The summed E-state index contributed by atoms with van der Waals surface area (Å²) in [6.45, 7) is 7.16. The monoisotopic (exact) mass is 199 g/mol. The molecule has 0 aliphatic carbocycles. The molecule has 2 N–H and O–H groups in total. The van der Waals surface area contributed by atoms with Crippen molar-refractivity contribution in [2.75, 3.05) is 0 Å². The molecule has 0 atom stereocenters. The zero-order valence-corrected chi connectivity index (χ0v) is 9.21. The van der Waals surface area contributed by atoms with Crippen molar-refractivity contribution in [2.45, 2.75) is 46.0 Å². The summed E-state index contributed by atoms with van der Waals surface area (Å²) in [7, 11) is 0. The Hall–Kier alpha value is -1.12. The third kappa shape index (κ3) is 17.1. The number of carbonyl (C=O) groups excluding carboxylic acids is 2. The maximum absolute atomic E-state index is 10.7. The van der Waals surface area contributed by atoms with Gasteiger partial charge in [0.2, 0.25) is 5.91 Å². The van der Waals surface area contributed by atoms with E-state index >= 15 is 0 Å². The number of ketones is 1. The summed E-state index contributed by atoms with van der Waals surface area (Å²) in [6, 6.07) is 0. The number of Topliss-reactive ketones (excluding diaryl/α,β-unsaturated/α-hetero) is 1. The molecule has 3 nitrogen and oxygen atoms in total. The van der Waals surface area contributed by atoms with Crippen LogP contribution in [0.4, 0.5) is 0 Å². The molecular formula is C11H21NO2. The van der Waals surface area contributed by atoms with Crippen LogP contribution in [-0.2, 0) is 9.59 Å². The predicted molar refractivity (Wildman–Crippen MR) is 58.8 cm³/mol. The molecular weight excluding hydrogens is 178 g/mol. The van der Waals surface area contributed by atoms with Crippen LogP contribution in [0.15, 0.2) is 12.7 Å². The third-order valence-corrected chi connectivity index (χ3v) is 1.65. The van der Waals surface area contributed by atoms with Crippen LogP contribution in [0.2, 0.25) is 0 Å². The Labute approximate surface area is 86.4 Å². The van der Waals surface area contributed by atoms with Crippen molar-refractivity contribution >= 4 is 11.7 Å². The van der Waals surface area contributed by atoms with Crippen LogP contribution in [0, 0.1) is 0 Å². The lowest BCUT2D eigenvalue weighted by molar-refractivity contribution is -0.119. The summed E-state index contributed by atoms with van der Waals surface area (Å²) in [5, 5.41) is 0. The van der Waals surface area contributed by atoms with Crippen molar-refractivity contribution in [3.05, 3.63) is 12.7 Å². The summed E-state index contributed by atoms with van der Waals surface area (Å²) in [5.41, 5.74) is 4.53. The zero-order chi connectivity index (χ0) is 11.4. The van der Waals surface area contributed by atoms with Gasteiger partial charge in [0.05, 0.1) is 0 Å². The highest BCUT2D eigenvalue weighted by atomic mass is 16.1. The summed E-state index contributed by atoms with van der Waals surface area (Å²) < 4.78 is 0. The Morgan fingerprint density at radius 3 is 2.07 bits per heavy atom. The number of unbranched alkanes of at least 4 members (excludes halogenated alkanes) is 2. The van der Waals surface area contributed by atoms with Crippen LogP contribution in [0.3, 0.4) is 0 Å². The largest absolute Gasteiger partial charge is 0.366 e. The quantitative estimate of drug-likeness (QED) is 0.526. The van der Waals surface area contributed by atoms with E-state index in [0.717, 1.165) is 18.9 Å². The molecule has 14 heavy (non-hydrogen) atoms. The number of hydrogen-bond donors (Lipinski definition) is 1. The number of amides is 1. The normalized spacial score (nSPS) is 8.43. The molecule has 0 saturated heterocycles. The maximum atomic E-state index is 10.7. The van der Waals surface area contributed by atoms with Crippen LogP contribution < -0.4 is 5.73 Å². The van der Waals surface area contributed by atoms with E-state index in [-0.39, 0.29) is 0 Å². The molecule has 0 aromatic heterocycles. The third-order valence-electron chi connectivity index (χ3n) is 1.65. The molecule has 0 saturated carbocycles. The summed E-state index contributed by atoms with van der Waals surface area (Å²) >= 11 is 0. The van der Waals surface area contributed by atoms with E-state index < -0.39 is 5.91 Å². The van der Waals surface area contributed by atoms with Crippen molar-refractivity contribution < 1.29 is 9.59 Å². The van der Waals surface area contributed by atoms with Gasteiger partial charge < -0.3 is 5.73 Å². The van der Waals surface area contributed by atoms with Gasteiger partial charge in [-0.25, -0.2) is 0 Å². The minimum atomic E-state index is -0.481. The fraction of sp³-hybridized carbons (Fsp3) is 0.636. The highest BCUT2D eigenvalue weighted by molar-refractivity contribution is 5.84. The Kier molecular flexibility index (Phi) is 13.0. The second-order valence-corrected chi connectivity index (χ2v) is 2.96. The number of hydrogen-bond acceptors (Lipinski definition) is 2. The van der Waals surface area contributed by atoms with Gasteiger partial charge in [-0.05, 0) is 12.5 Å². The van der Waals surface area contributed by atoms with Crippen LogP contribution in [-0.4, -0.2) is 11.7 Å². The molecule has 0 bridgehead atoms. The summed E-state index contributed by atoms with van der Waals surface area (Å²) in [6.07, 6.45) is 6.06. The van der Waals surface area contributed by atoms with E-state index in [1.165, 1.54) is 12.8 Å². The van der Waals surface area contributed by atoms with Gasteiger partial charge in [-0.2, -0.15) is 0 Å². The lowest BCUT2D eigenvalue weighted by atomic mass is 10.1. The average Bonchev–Trinajstić information content (AvgIpc) is 2.19. The molecule has 82 valence electrons. The Bertz CT molecular complexity index is 176. The molecule has 0 aliphatic rings. The first-order valence-electron chi connectivity index (χ1n) is 5.02. The van der Waals surface area contributed by atoms with Gasteiger partial charge in [0.1, 0.15) is 5.78 Å². The van der Waals surface area contributed by atoms with Gasteiger partial charge in [0, 0.05) is 12.8 Å². The first kappa shape index (κ1) is 15.4. The van der Waals surface area contributed by atoms with Crippen LogP contribution in [0.5, 0.6) is 0 Å². The van der Waals surface area contributed by atoms with Gasteiger partial charge in [-0.1, -0.05) is 33.3 Å². The molecule has 1 amide bonds. The van der Waals surface area contributed by atoms with Crippen molar-refractivity contribution in [3.8, 4) is 0 Å². The van der Waals surface area contributed by atoms with E-state index in [1.807, 2.05) is 6.92 Å². The molecule has 0 spiro atoms. The molecule has 0 aromatic carbocycles. The highest BCUT2D eigenvalue weighted by Crippen LogP contribution is 2.00. The first-order valence-corrected chi connectivity index (χ1v) is 5.02. The van der Waals surface area contributed by atoms with E-state index in [1.54, 1.807) is 0 Å². The maximum Gasteiger partial charge on any atom is 0.240 e. The van der Waals surface area contributed by atoms with E-state index in [2.05, 4.69) is 19.2 Å². The highest BCUT2D eigenvalue weighted by Gasteiger charge is 1.95. The Morgan fingerprint density at radius 1 is 1.29 bits per heavy atom. The van der Waals surface area contributed by atoms with Gasteiger partial charge in [0.15, 0.2) is 0 Å². The van der Waals surface area contributed by atoms with Crippen molar-refractivity contribution in [1.82, 2.24) is 0 Å². The molecule has 0 heterocycles. The van der Waals surface area contributed by atoms with Crippen molar-refractivity contribution in [1.29, 1.82) is 0 Å². The van der Waals surface area contributed by atoms with Crippen molar-refractivity contribution in [2.24, 2.45) is 5.73 Å². The van der Waals surface area contributed by atoms with E-state index in [4.69, 9.17) is 0 Å². The smallest absolute Gasteiger partial charge is 0.240 e. The van der Waals surface area contributed by atoms with Gasteiger partial charge >= 0.3 is 0 Å². The number of rotatable bonds is 6. The SMILES string of the molecule is C=CC(N)=O.CCCCCC(=O)CC. The van der Waals surface area contributed by atoms with Gasteiger partial charge in [-0.15, -0.1) is 0 Å². The molecule has 0 unspecified atom stereocenters. The lowest BCUT2D eigenvalue weighted by Gasteiger charge is -1.93. The second-order valence-electron chi connectivity index (χ2n) is 2.96. The molecule has 0 rings (SSSR count). The molecule has 3 heteroatoms. The molecule has 0 radical (unpaired) electrons. The zero-order valence-electron chi connectivity index (χ0n) is 9.21. The minimum absolute atomic E-state index is 0.406. The van der Waals surface area contributed by atoms with Crippen LogP contribution >= 0.6 is 0 Å². The van der Waals surface area contributed by atoms with Crippen molar-refractivity contribution in [3.63, 3.8) is 0 Å². The van der Waals surface area contributed by atoms with E-state index in [0.29, 0.717) is 12.2 Å². The first-order chi connectivity index (χ1) is 6.58. The average molecular weight is 199 g/mol. The minimum Gasteiger partial charge on any atom is -0.366 e. The summed E-state index contributed by atoms with van der Waals surface area (Å²) in [4.78, 5) is 20.2. The fourth-order valence-corrected chi connectivity index (χ4v) is 0.749. The number of nitrogens with two attached hydrogens (primary N) is 1. The molecule has 0 aliphatic heterocycles. The van der Waals surface area contributed by atoms with Crippen LogP contribution in [0.1, 0.15) is 46.0 Å². The fourth-order valence-electron chi connectivity index (χ4n) is 0.749. The standard InChI is InChI=1S/C8H16O.C3H5NO/c1-3-5-6-7-8(9)4-2;1-2-3(4)5/h3-7H2,1-2H3;2H,1H2,(H2,4,5). The molecule has 0 aromatic rings. The number of carbonyl (C=O) groups is 2. The van der Waals surface area contributed by atoms with Crippen LogP contribution in [0.25, 0.3) is 0 Å². The number of primary amides is 1. The Balaban J connectivity index is 0. The second kappa shape index (κ2) is 11.9.